The fourth-order valence-corrected chi connectivity index (χ4v) is 2.24. The minimum absolute atomic E-state index is 0.134. The lowest BCUT2D eigenvalue weighted by Crippen LogP contribution is -2.20. The van der Waals surface area contributed by atoms with Gasteiger partial charge in [0.1, 0.15) is 5.02 Å². The van der Waals surface area contributed by atoms with Gasteiger partial charge in [-0.2, -0.15) is 11.8 Å². The molecule has 1 heterocycles. The molecule has 4 nitrogen and oxygen atoms in total. The molecule has 0 aliphatic heterocycles. The number of H-pyrrole nitrogens is 1. The molecule has 2 N–H and O–H groups in total. The van der Waals surface area contributed by atoms with Crippen molar-refractivity contribution in [1.82, 2.24) is 9.97 Å². The van der Waals surface area contributed by atoms with E-state index >= 15 is 0 Å². The highest BCUT2D eigenvalue weighted by Gasteiger charge is 2.41. The fourth-order valence-electron chi connectivity index (χ4n) is 1.34. The minimum atomic E-state index is -0.303. The molecule has 2 rings (SSSR count). The third kappa shape index (κ3) is 2.29. The van der Waals surface area contributed by atoms with Gasteiger partial charge in [-0.1, -0.05) is 11.6 Å². The summed E-state index contributed by atoms with van der Waals surface area (Å²) in [5, 5.41) is 3.26. The second kappa shape index (κ2) is 4.06. The lowest BCUT2D eigenvalue weighted by molar-refractivity contribution is 0.935. The molecule has 82 valence electrons. The summed E-state index contributed by atoms with van der Waals surface area (Å²) in [5.41, 5.74) is -0.303. The summed E-state index contributed by atoms with van der Waals surface area (Å²) in [6.07, 6.45) is 5.88. The van der Waals surface area contributed by atoms with Crippen molar-refractivity contribution in [3.8, 4) is 0 Å². The fraction of sp³-hybridized carbons (Fsp3) is 0.556. The molecule has 6 heteroatoms. The summed E-state index contributed by atoms with van der Waals surface area (Å²) in [6.45, 7) is 0.810. The topological polar surface area (TPSA) is 57.8 Å². The zero-order chi connectivity index (χ0) is 10.9. The summed E-state index contributed by atoms with van der Waals surface area (Å²) in [5.74, 6) is 0.473. The highest BCUT2D eigenvalue weighted by atomic mass is 35.5. The third-order valence-corrected chi connectivity index (χ3v) is 4.38. The largest absolute Gasteiger partial charge is 0.367 e. The number of anilines is 1. The number of nitrogens with one attached hydrogen (secondary N) is 2. The van der Waals surface area contributed by atoms with Crippen molar-refractivity contribution < 1.29 is 0 Å². The molecule has 0 spiro atoms. The predicted molar refractivity (Wildman–Crippen MR) is 63.8 cm³/mol. The van der Waals surface area contributed by atoms with Gasteiger partial charge in [-0.25, -0.2) is 4.98 Å². The lowest BCUT2D eigenvalue weighted by atomic mass is 10.4. The van der Waals surface area contributed by atoms with Gasteiger partial charge in [-0.15, -0.1) is 0 Å². The molecule has 1 saturated carbocycles. The number of hydrogen-bond acceptors (Lipinski definition) is 4. The van der Waals surface area contributed by atoms with Crippen LogP contribution < -0.4 is 10.9 Å². The molecule has 1 aliphatic carbocycles. The normalized spacial score (nSPS) is 17.5. The van der Waals surface area contributed by atoms with E-state index in [0.29, 0.717) is 10.6 Å². The molecule has 1 aromatic heterocycles. The smallest absolute Gasteiger partial charge is 0.271 e. The number of halogens is 1. The van der Waals surface area contributed by atoms with Crippen molar-refractivity contribution in [3.05, 3.63) is 21.7 Å². The second-order valence-corrected chi connectivity index (χ2v) is 5.29. The van der Waals surface area contributed by atoms with E-state index in [1.165, 1.54) is 19.2 Å². The first kappa shape index (κ1) is 10.8. The van der Waals surface area contributed by atoms with Crippen molar-refractivity contribution in [2.24, 2.45) is 0 Å². The first-order valence-corrected chi connectivity index (χ1v) is 6.29. The molecular formula is C9H12ClN3OS. The molecule has 0 bridgehead atoms. The van der Waals surface area contributed by atoms with Crippen LogP contribution in [0.3, 0.4) is 0 Å². The van der Waals surface area contributed by atoms with E-state index in [1.807, 2.05) is 11.8 Å². The quantitative estimate of drug-likeness (QED) is 0.848. The van der Waals surface area contributed by atoms with Crippen LogP contribution in [0.15, 0.2) is 11.1 Å². The van der Waals surface area contributed by atoms with E-state index < -0.39 is 0 Å². The molecule has 0 unspecified atom stereocenters. The molecule has 0 aromatic carbocycles. The van der Waals surface area contributed by atoms with E-state index in [2.05, 4.69) is 21.5 Å². The number of aromatic amines is 1. The second-order valence-electron chi connectivity index (χ2n) is 3.63. The SMILES string of the molecule is CSC1(CNc2nc[nH]c(=O)c2Cl)CC1. The highest BCUT2D eigenvalue weighted by molar-refractivity contribution is 8.00. The first-order chi connectivity index (χ1) is 7.17. The Morgan fingerprint density at radius 2 is 2.47 bits per heavy atom. The van der Waals surface area contributed by atoms with E-state index in [0.717, 1.165) is 6.54 Å². The monoisotopic (exact) mass is 245 g/mol. The van der Waals surface area contributed by atoms with Gasteiger partial charge in [-0.3, -0.25) is 4.79 Å². The average Bonchev–Trinajstić information content (AvgIpc) is 3.01. The maximum atomic E-state index is 11.2. The van der Waals surface area contributed by atoms with Crippen LogP contribution in [-0.4, -0.2) is 27.5 Å². The molecule has 15 heavy (non-hydrogen) atoms. The lowest BCUT2D eigenvalue weighted by Gasteiger charge is -2.13. The number of rotatable bonds is 4. The van der Waals surface area contributed by atoms with Crippen molar-refractivity contribution in [2.75, 3.05) is 18.1 Å². The number of nitrogens with zero attached hydrogens (tertiary/aromatic N) is 1. The average molecular weight is 246 g/mol. The summed E-state index contributed by atoms with van der Waals surface area (Å²) >= 11 is 7.66. The van der Waals surface area contributed by atoms with Gasteiger partial charge in [-0.05, 0) is 19.1 Å². The van der Waals surface area contributed by atoms with Crippen LogP contribution in [0.25, 0.3) is 0 Å². The van der Waals surface area contributed by atoms with Crippen LogP contribution in [-0.2, 0) is 0 Å². The zero-order valence-corrected chi connectivity index (χ0v) is 9.91. The Balaban J connectivity index is 2.05. The zero-order valence-electron chi connectivity index (χ0n) is 8.34. The van der Waals surface area contributed by atoms with E-state index in [4.69, 9.17) is 11.6 Å². The van der Waals surface area contributed by atoms with Gasteiger partial charge in [0.25, 0.3) is 5.56 Å². The Bertz CT molecular complexity index is 416. The summed E-state index contributed by atoms with van der Waals surface area (Å²) < 4.78 is 0.327. The maximum Gasteiger partial charge on any atom is 0.271 e. The molecule has 0 amide bonds. The molecule has 1 aromatic rings. The number of thioether (sulfide) groups is 1. The standard InChI is InChI=1S/C9H12ClN3OS/c1-15-9(2-3-9)4-11-7-6(10)8(14)13-5-12-7/h5H,2-4H2,1H3,(H2,11,12,13,14). The van der Waals surface area contributed by atoms with Gasteiger partial charge >= 0.3 is 0 Å². The molecule has 1 aliphatic rings. The van der Waals surface area contributed by atoms with Gasteiger partial charge in [0, 0.05) is 11.3 Å². The Morgan fingerprint density at radius 1 is 1.73 bits per heavy atom. The molecule has 0 radical (unpaired) electrons. The number of aromatic nitrogens is 2. The van der Waals surface area contributed by atoms with Gasteiger partial charge in [0.2, 0.25) is 0 Å². The summed E-state index contributed by atoms with van der Waals surface area (Å²) in [7, 11) is 0. The van der Waals surface area contributed by atoms with Crippen LogP contribution in [0.4, 0.5) is 5.82 Å². The first-order valence-electron chi connectivity index (χ1n) is 4.69. The van der Waals surface area contributed by atoms with Gasteiger partial charge in [0.05, 0.1) is 6.33 Å². The molecule has 0 atom stereocenters. The van der Waals surface area contributed by atoms with E-state index in [1.54, 1.807) is 0 Å². The Morgan fingerprint density at radius 3 is 3.07 bits per heavy atom. The Kier molecular flexibility index (Phi) is 2.93. The van der Waals surface area contributed by atoms with E-state index in [-0.39, 0.29) is 10.6 Å². The minimum Gasteiger partial charge on any atom is -0.367 e. The Hall–Kier alpha value is -0.680. The Labute approximate surface area is 96.8 Å². The van der Waals surface area contributed by atoms with Crippen LogP contribution >= 0.6 is 23.4 Å². The van der Waals surface area contributed by atoms with E-state index in [9.17, 15) is 4.79 Å². The third-order valence-electron chi connectivity index (χ3n) is 2.62. The van der Waals surface area contributed by atoms with Crippen molar-refractivity contribution in [2.45, 2.75) is 17.6 Å². The van der Waals surface area contributed by atoms with Crippen LogP contribution in [0.5, 0.6) is 0 Å². The molecule has 1 fully saturated rings. The molecular weight excluding hydrogens is 234 g/mol. The predicted octanol–water partition coefficient (Wildman–Crippen LogP) is 1.73. The summed E-state index contributed by atoms with van der Waals surface area (Å²) in [6, 6.07) is 0. The highest BCUT2D eigenvalue weighted by Crippen LogP contribution is 2.47. The van der Waals surface area contributed by atoms with Crippen LogP contribution in [0.1, 0.15) is 12.8 Å². The van der Waals surface area contributed by atoms with Crippen molar-refractivity contribution >= 4 is 29.2 Å². The number of hydrogen-bond donors (Lipinski definition) is 2. The van der Waals surface area contributed by atoms with Gasteiger partial charge in [0.15, 0.2) is 5.82 Å². The van der Waals surface area contributed by atoms with Crippen LogP contribution in [0.2, 0.25) is 5.02 Å². The van der Waals surface area contributed by atoms with Gasteiger partial charge < -0.3 is 10.3 Å². The van der Waals surface area contributed by atoms with Crippen molar-refractivity contribution in [1.29, 1.82) is 0 Å². The summed E-state index contributed by atoms with van der Waals surface area (Å²) in [4.78, 5) is 17.6. The molecule has 0 saturated heterocycles. The van der Waals surface area contributed by atoms with Crippen LogP contribution in [0, 0.1) is 0 Å². The maximum absolute atomic E-state index is 11.2. The van der Waals surface area contributed by atoms with Crippen molar-refractivity contribution in [3.63, 3.8) is 0 Å².